The molecule has 1 aromatic rings. The summed E-state index contributed by atoms with van der Waals surface area (Å²) in [5, 5.41) is 9.75. The number of hydrogen-bond donors (Lipinski definition) is 1. The minimum Gasteiger partial charge on any atom is -0.389 e. The molecule has 92 valence electrons. The fourth-order valence-corrected chi connectivity index (χ4v) is 3.41. The van der Waals surface area contributed by atoms with Crippen LogP contribution < -0.4 is 4.90 Å². The maximum absolute atomic E-state index is 13.8. The van der Waals surface area contributed by atoms with Crippen LogP contribution in [0.3, 0.4) is 0 Å². The van der Waals surface area contributed by atoms with Crippen molar-refractivity contribution in [3.63, 3.8) is 0 Å². The Morgan fingerprint density at radius 1 is 1.41 bits per heavy atom. The summed E-state index contributed by atoms with van der Waals surface area (Å²) in [5.41, 5.74) is 1.35. The number of fused-ring (bicyclic) bond motifs is 2. The zero-order valence-electron chi connectivity index (χ0n) is 10.1. The molecule has 1 aliphatic heterocycles. The van der Waals surface area contributed by atoms with Crippen molar-refractivity contribution in [1.29, 1.82) is 0 Å². The number of piperidine rings is 1. The van der Waals surface area contributed by atoms with Crippen LogP contribution in [-0.2, 0) is 0 Å². The van der Waals surface area contributed by atoms with Gasteiger partial charge in [-0.2, -0.15) is 0 Å². The summed E-state index contributed by atoms with van der Waals surface area (Å²) in [6, 6.07) is 5.66. The Morgan fingerprint density at radius 3 is 2.82 bits per heavy atom. The van der Waals surface area contributed by atoms with E-state index in [1.807, 2.05) is 6.07 Å². The van der Waals surface area contributed by atoms with Crippen molar-refractivity contribution in [2.45, 2.75) is 38.3 Å². The monoisotopic (exact) mass is 235 g/mol. The molecule has 2 unspecified atom stereocenters. The van der Waals surface area contributed by atoms with Gasteiger partial charge in [-0.05, 0) is 44.2 Å². The van der Waals surface area contributed by atoms with Crippen LogP contribution in [0.4, 0.5) is 10.1 Å². The quantitative estimate of drug-likeness (QED) is 0.852. The van der Waals surface area contributed by atoms with Gasteiger partial charge in [0, 0.05) is 23.8 Å². The summed E-state index contributed by atoms with van der Waals surface area (Å²) < 4.78 is 13.8. The molecule has 0 aromatic heterocycles. The molecule has 0 radical (unpaired) electrons. The molecule has 1 aromatic carbocycles. The highest BCUT2D eigenvalue weighted by atomic mass is 19.1. The van der Waals surface area contributed by atoms with E-state index in [9.17, 15) is 9.50 Å². The number of nitrogens with zero attached hydrogens (tertiary/aromatic N) is 1. The maximum atomic E-state index is 13.8. The highest BCUT2D eigenvalue weighted by Gasteiger charge is 2.39. The zero-order chi connectivity index (χ0) is 12.0. The normalized spacial score (nSPS) is 28.8. The lowest BCUT2D eigenvalue weighted by atomic mass is 10.0. The van der Waals surface area contributed by atoms with Gasteiger partial charge in [0.25, 0.3) is 0 Å². The lowest BCUT2D eigenvalue weighted by Crippen LogP contribution is -2.33. The van der Waals surface area contributed by atoms with Crippen molar-refractivity contribution in [2.75, 3.05) is 11.4 Å². The Labute approximate surface area is 101 Å². The fourth-order valence-electron chi connectivity index (χ4n) is 3.41. The Hall–Kier alpha value is -1.09. The first kappa shape index (κ1) is 11.0. The minimum atomic E-state index is -0.745. The largest absolute Gasteiger partial charge is 0.389 e. The van der Waals surface area contributed by atoms with Crippen molar-refractivity contribution in [1.82, 2.24) is 0 Å². The summed E-state index contributed by atoms with van der Waals surface area (Å²) >= 11 is 0. The van der Waals surface area contributed by atoms with Crippen LogP contribution >= 0.6 is 0 Å². The Morgan fingerprint density at radius 2 is 2.24 bits per heavy atom. The molecule has 1 aliphatic carbocycles. The maximum Gasteiger partial charge on any atom is 0.131 e. The number of aliphatic hydroxyl groups is 1. The van der Waals surface area contributed by atoms with Crippen molar-refractivity contribution >= 4 is 5.69 Å². The lowest BCUT2D eigenvalue weighted by molar-refractivity contribution is 0.194. The summed E-state index contributed by atoms with van der Waals surface area (Å²) in [5.74, 6) is 0.477. The predicted molar refractivity (Wildman–Crippen MR) is 65.5 cm³/mol. The Kier molecular flexibility index (Phi) is 2.58. The fraction of sp³-hybridized carbons (Fsp3) is 0.571. The van der Waals surface area contributed by atoms with Crippen LogP contribution in [0.1, 0.15) is 37.9 Å². The van der Waals surface area contributed by atoms with Crippen molar-refractivity contribution < 1.29 is 9.50 Å². The number of benzene rings is 1. The first-order valence-electron chi connectivity index (χ1n) is 6.40. The second kappa shape index (κ2) is 3.98. The number of halogens is 1. The number of aliphatic hydroxyl groups excluding tert-OH is 1. The second-order valence-corrected chi connectivity index (χ2v) is 5.33. The van der Waals surface area contributed by atoms with Crippen LogP contribution in [-0.4, -0.2) is 17.7 Å². The van der Waals surface area contributed by atoms with Gasteiger partial charge in [0.1, 0.15) is 5.82 Å². The molecule has 2 aliphatic rings. The molecule has 2 fully saturated rings. The highest BCUT2D eigenvalue weighted by Crippen LogP contribution is 2.42. The number of anilines is 1. The van der Waals surface area contributed by atoms with Crippen LogP contribution in [0.25, 0.3) is 0 Å². The molecule has 3 rings (SSSR count). The SMILES string of the molecule is C[C@H](O)c1c(F)cccc1N1CC2CCC1C2. The molecule has 0 amide bonds. The second-order valence-electron chi connectivity index (χ2n) is 5.33. The third kappa shape index (κ3) is 1.73. The summed E-state index contributed by atoms with van der Waals surface area (Å²) in [7, 11) is 0. The Bertz CT molecular complexity index is 432. The molecule has 3 atom stereocenters. The van der Waals surface area contributed by atoms with Crippen LogP contribution in [0, 0.1) is 11.7 Å². The first-order valence-corrected chi connectivity index (χ1v) is 6.40. The van der Waals surface area contributed by atoms with E-state index >= 15 is 0 Å². The molecular formula is C14H18FNO. The van der Waals surface area contributed by atoms with Gasteiger partial charge in [-0.3, -0.25) is 0 Å². The lowest BCUT2D eigenvalue weighted by Gasteiger charge is -2.31. The first-order chi connectivity index (χ1) is 8.16. The standard InChI is InChI=1S/C14H18FNO/c1-9(17)14-12(15)3-2-4-13(14)16-8-10-5-6-11(16)7-10/h2-4,9-11,17H,5-8H2,1H3/t9-,10?,11?/m0/s1. The van der Waals surface area contributed by atoms with E-state index < -0.39 is 6.10 Å². The van der Waals surface area contributed by atoms with Crippen molar-refractivity contribution in [3.05, 3.63) is 29.6 Å². The number of hydrogen-bond acceptors (Lipinski definition) is 2. The molecule has 1 N–H and O–H groups in total. The van der Waals surface area contributed by atoms with Crippen LogP contribution in [0.2, 0.25) is 0 Å². The van der Waals surface area contributed by atoms with Crippen molar-refractivity contribution in [2.24, 2.45) is 5.92 Å². The van der Waals surface area contributed by atoms with Crippen LogP contribution in [0.15, 0.2) is 18.2 Å². The van der Waals surface area contributed by atoms with E-state index in [0.29, 0.717) is 11.6 Å². The van der Waals surface area contributed by atoms with E-state index in [4.69, 9.17) is 0 Å². The minimum absolute atomic E-state index is 0.291. The van der Waals surface area contributed by atoms with E-state index in [1.54, 1.807) is 13.0 Å². The summed E-state index contributed by atoms with van der Waals surface area (Å²) in [6.07, 6.45) is 3.00. The van der Waals surface area contributed by atoms with E-state index in [2.05, 4.69) is 4.90 Å². The van der Waals surface area contributed by atoms with Gasteiger partial charge >= 0.3 is 0 Å². The topological polar surface area (TPSA) is 23.5 Å². The van der Waals surface area contributed by atoms with E-state index in [0.717, 1.165) is 18.2 Å². The van der Waals surface area contributed by atoms with Gasteiger partial charge in [0.05, 0.1) is 6.10 Å². The molecule has 1 saturated heterocycles. The van der Waals surface area contributed by atoms with Gasteiger partial charge in [-0.15, -0.1) is 0 Å². The zero-order valence-corrected chi connectivity index (χ0v) is 10.1. The predicted octanol–water partition coefficient (Wildman–Crippen LogP) is 2.87. The molecule has 17 heavy (non-hydrogen) atoms. The molecular weight excluding hydrogens is 217 g/mol. The number of rotatable bonds is 2. The van der Waals surface area contributed by atoms with Gasteiger partial charge in [0.2, 0.25) is 0 Å². The summed E-state index contributed by atoms with van der Waals surface area (Å²) in [4.78, 5) is 2.29. The smallest absolute Gasteiger partial charge is 0.131 e. The molecule has 3 heteroatoms. The molecule has 2 bridgehead atoms. The highest BCUT2D eigenvalue weighted by molar-refractivity contribution is 5.57. The van der Waals surface area contributed by atoms with Gasteiger partial charge in [-0.1, -0.05) is 6.07 Å². The van der Waals surface area contributed by atoms with E-state index in [-0.39, 0.29) is 5.82 Å². The van der Waals surface area contributed by atoms with Gasteiger partial charge in [-0.25, -0.2) is 4.39 Å². The third-order valence-electron chi connectivity index (χ3n) is 4.17. The van der Waals surface area contributed by atoms with Crippen molar-refractivity contribution in [3.8, 4) is 0 Å². The van der Waals surface area contributed by atoms with Crippen LogP contribution in [0.5, 0.6) is 0 Å². The molecule has 0 spiro atoms. The average molecular weight is 235 g/mol. The molecule has 1 saturated carbocycles. The van der Waals surface area contributed by atoms with Gasteiger partial charge < -0.3 is 10.0 Å². The van der Waals surface area contributed by atoms with Gasteiger partial charge in [0.15, 0.2) is 0 Å². The van der Waals surface area contributed by atoms with E-state index in [1.165, 1.54) is 25.3 Å². The molecule has 1 heterocycles. The third-order valence-corrected chi connectivity index (χ3v) is 4.17. The average Bonchev–Trinajstić information content (AvgIpc) is 2.89. The molecule has 2 nitrogen and oxygen atoms in total. The summed E-state index contributed by atoms with van der Waals surface area (Å²) in [6.45, 7) is 2.66. The Balaban J connectivity index is 2.00.